The van der Waals surface area contributed by atoms with Crippen molar-refractivity contribution < 1.29 is 0 Å². The van der Waals surface area contributed by atoms with Gasteiger partial charge in [-0.3, -0.25) is 0 Å². The van der Waals surface area contributed by atoms with Crippen molar-refractivity contribution in [2.75, 3.05) is 0 Å². The molecule has 0 fully saturated rings. The first-order chi connectivity index (χ1) is 6.76. The molecule has 0 aromatic heterocycles. The van der Waals surface area contributed by atoms with Gasteiger partial charge in [-0.05, 0) is 47.4 Å². The second-order valence-electron chi connectivity index (χ2n) is 6.54. The predicted octanol–water partition coefficient (Wildman–Crippen LogP) is 5.67. The van der Waals surface area contributed by atoms with Crippen molar-refractivity contribution in [3.05, 3.63) is 10.1 Å². The van der Waals surface area contributed by atoms with Crippen molar-refractivity contribution in [2.24, 2.45) is 10.8 Å². The lowest BCUT2D eigenvalue weighted by Crippen LogP contribution is -2.25. The van der Waals surface area contributed by atoms with Crippen LogP contribution in [0.2, 0.25) is 0 Å². The fourth-order valence-electron chi connectivity index (χ4n) is 3.06. The third kappa shape index (κ3) is 3.94. The van der Waals surface area contributed by atoms with Crippen LogP contribution in [0.5, 0.6) is 0 Å². The molecular weight excluding hydrogens is 248 g/mol. The highest BCUT2D eigenvalue weighted by Crippen LogP contribution is 2.45. The molecule has 0 saturated heterocycles. The fraction of sp³-hybridized carbons (Fsp3) is 0.857. The monoisotopic (exact) mass is 272 g/mol. The van der Waals surface area contributed by atoms with Crippen LogP contribution in [0.25, 0.3) is 0 Å². The van der Waals surface area contributed by atoms with Crippen LogP contribution in [-0.2, 0) is 0 Å². The summed E-state index contributed by atoms with van der Waals surface area (Å²) in [6.07, 6.45) is 6.33. The molecule has 88 valence electrons. The smallest absolute Gasteiger partial charge is 0.00570 e. The van der Waals surface area contributed by atoms with Gasteiger partial charge in [-0.25, -0.2) is 0 Å². The lowest BCUT2D eigenvalue weighted by Gasteiger charge is -2.38. The minimum Gasteiger partial charge on any atom is -0.0616 e. The number of allylic oxidation sites excluding steroid dienone is 2. The summed E-state index contributed by atoms with van der Waals surface area (Å²) in [6, 6.07) is 0. The summed E-state index contributed by atoms with van der Waals surface area (Å²) in [5, 5.41) is 0. The molecule has 0 atom stereocenters. The first-order valence-corrected chi connectivity index (χ1v) is 6.91. The lowest BCUT2D eigenvalue weighted by atomic mass is 9.68. The summed E-state index contributed by atoms with van der Waals surface area (Å²) >= 11 is 3.78. The van der Waals surface area contributed by atoms with E-state index in [0.29, 0.717) is 10.8 Å². The van der Waals surface area contributed by atoms with Gasteiger partial charge in [-0.1, -0.05) is 56.1 Å². The van der Waals surface area contributed by atoms with Crippen molar-refractivity contribution in [3.8, 4) is 0 Å². The molecule has 0 aromatic carbocycles. The van der Waals surface area contributed by atoms with E-state index in [4.69, 9.17) is 0 Å². The van der Waals surface area contributed by atoms with Gasteiger partial charge >= 0.3 is 0 Å². The molecule has 0 N–H and O–H groups in total. The summed E-state index contributed by atoms with van der Waals surface area (Å²) in [5.41, 5.74) is 2.58. The Balaban J connectivity index is 2.94. The predicted molar refractivity (Wildman–Crippen MR) is 72.3 cm³/mol. The molecular formula is C14H25Br. The average Bonchev–Trinajstić information content (AvgIpc) is 2.07. The minimum absolute atomic E-state index is 0.453. The highest BCUT2D eigenvalue weighted by Gasteiger charge is 2.31. The Bertz CT molecular complexity index is 259. The Morgan fingerprint density at radius 3 is 2.27 bits per heavy atom. The molecule has 15 heavy (non-hydrogen) atoms. The zero-order chi connectivity index (χ0) is 11.7. The normalized spacial score (nSPS) is 30.8. The molecule has 0 radical (unpaired) electrons. The zero-order valence-corrected chi connectivity index (χ0v) is 12.5. The van der Waals surface area contributed by atoms with Crippen molar-refractivity contribution >= 4 is 15.9 Å². The van der Waals surface area contributed by atoms with Gasteiger partial charge in [-0.15, -0.1) is 0 Å². The number of hydrogen-bond donors (Lipinski definition) is 0. The first kappa shape index (κ1) is 13.3. The van der Waals surface area contributed by atoms with E-state index < -0.39 is 0 Å². The summed E-state index contributed by atoms with van der Waals surface area (Å²) in [5.74, 6) is 0. The molecule has 0 spiro atoms. The highest BCUT2D eigenvalue weighted by atomic mass is 79.9. The topological polar surface area (TPSA) is 0 Å². The van der Waals surface area contributed by atoms with E-state index in [1.807, 2.05) is 0 Å². The van der Waals surface area contributed by atoms with Gasteiger partial charge in [0.2, 0.25) is 0 Å². The van der Waals surface area contributed by atoms with Crippen molar-refractivity contribution in [3.63, 3.8) is 0 Å². The number of halogens is 1. The third-order valence-corrected chi connectivity index (χ3v) is 4.44. The van der Waals surface area contributed by atoms with Gasteiger partial charge in [0, 0.05) is 0 Å². The van der Waals surface area contributed by atoms with Gasteiger partial charge in [-0.2, -0.15) is 0 Å². The second kappa shape index (κ2) is 4.61. The standard InChI is InChI=1S/C14H25Br/c1-6-11-9-14(4,5)10-13(2,3)8-7-12(11)15/h6-10H2,1-5H3/b12-11+. The van der Waals surface area contributed by atoms with Crippen LogP contribution in [-0.4, -0.2) is 0 Å². The number of hydrogen-bond acceptors (Lipinski definition) is 0. The van der Waals surface area contributed by atoms with E-state index in [2.05, 4.69) is 50.5 Å². The lowest BCUT2D eigenvalue weighted by molar-refractivity contribution is 0.176. The molecule has 0 nitrogen and oxygen atoms in total. The fourth-order valence-corrected chi connectivity index (χ4v) is 3.68. The molecule has 0 saturated carbocycles. The molecule has 1 aliphatic rings. The van der Waals surface area contributed by atoms with Crippen LogP contribution in [0.1, 0.15) is 66.7 Å². The average molecular weight is 273 g/mol. The molecule has 0 heterocycles. The minimum atomic E-state index is 0.453. The maximum Gasteiger partial charge on any atom is -0.00570 e. The maximum absolute atomic E-state index is 3.78. The van der Waals surface area contributed by atoms with E-state index >= 15 is 0 Å². The van der Waals surface area contributed by atoms with E-state index in [1.165, 1.54) is 36.6 Å². The van der Waals surface area contributed by atoms with Crippen LogP contribution in [0.3, 0.4) is 0 Å². The quantitative estimate of drug-likeness (QED) is 0.577. The van der Waals surface area contributed by atoms with Gasteiger partial charge in [0.15, 0.2) is 0 Å². The molecule has 0 aliphatic heterocycles. The highest BCUT2D eigenvalue weighted by molar-refractivity contribution is 9.11. The first-order valence-electron chi connectivity index (χ1n) is 6.12. The van der Waals surface area contributed by atoms with Crippen molar-refractivity contribution in [1.29, 1.82) is 0 Å². The summed E-state index contributed by atoms with van der Waals surface area (Å²) in [6.45, 7) is 11.9. The van der Waals surface area contributed by atoms with Crippen molar-refractivity contribution in [2.45, 2.75) is 66.7 Å². The van der Waals surface area contributed by atoms with Crippen molar-refractivity contribution in [1.82, 2.24) is 0 Å². The molecule has 0 bridgehead atoms. The van der Waals surface area contributed by atoms with E-state index in [1.54, 1.807) is 5.57 Å². The second-order valence-corrected chi connectivity index (χ2v) is 7.50. The van der Waals surface area contributed by atoms with Crippen LogP contribution in [0.4, 0.5) is 0 Å². The molecule has 0 amide bonds. The van der Waals surface area contributed by atoms with Crippen LogP contribution in [0, 0.1) is 10.8 Å². The Labute approximate surface area is 104 Å². The van der Waals surface area contributed by atoms with Gasteiger partial charge in [0.1, 0.15) is 0 Å². The third-order valence-electron chi connectivity index (χ3n) is 3.48. The van der Waals surface area contributed by atoms with E-state index in [-0.39, 0.29) is 0 Å². The Morgan fingerprint density at radius 1 is 1.13 bits per heavy atom. The molecule has 0 unspecified atom stereocenters. The SMILES string of the molecule is CC/C1=C(\Br)CCC(C)(C)CC(C)(C)C1. The van der Waals surface area contributed by atoms with E-state index in [9.17, 15) is 0 Å². The van der Waals surface area contributed by atoms with Crippen LogP contribution < -0.4 is 0 Å². The van der Waals surface area contributed by atoms with Gasteiger partial charge < -0.3 is 0 Å². The Morgan fingerprint density at radius 2 is 1.73 bits per heavy atom. The van der Waals surface area contributed by atoms with Gasteiger partial charge in [0.05, 0.1) is 0 Å². The molecule has 1 aliphatic carbocycles. The van der Waals surface area contributed by atoms with Crippen LogP contribution in [0.15, 0.2) is 10.1 Å². The zero-order valence-electron chi connectivity index (χ0n) is 10.9. The molecule has 1 rings (SSSR count). The van der Waals surface area contributed by atoms with Gasteiger partial charge in [0.25, 0.3) is 0 Å². The number of rotatable bonds is 1. The Hall–Kier alpha value is 0.220. The summed E-state index contributed by atoms with van der Waals surface area (Å²) < 4.78 is 1.48. The molecule has 0 aromatic rings. The summed E-state index contributed by atoms with van der Waals surface area (Å²) in [4.78, 5) is 0. The summed E-state index contributed by atoms with van der Waals surface area (Å²) in [7, 11) is 0. The molecule has 1 heteroatoms. The van der Waals surface area contributed by atoms with E-state index in [0.717, 1.165) is 0 Å². The largest absolute Gasteiger partial charge is 0.0616 e. The maximum atomic E-state index is 3.78. The Kier molecular flexibility index (Phi) is 4.08. The van der Waals surface area contributed by atoms with Crippen LogP contribution >= 0.6 is 15.9 Å².